The molecule has 1 N–H and O–H groups in total. The van der Waals surface area contributed by atoms with Gasteiger partial charge in [0.25, 0.3) is 0 Å². The van der Waals surface area contributed by atoms with E-state index in [2.05, 4.69) is 77.5 Å². The van der Waals surface area contributed by atoms with E-state index < -0.39 is 0 Å². The zero-order valence-corrected chi connectivity index (χ0v) is 19.2. The van der Waals surface area contributed by atoms with Crippen molar-refractivity contribution < 1.29 is 4.74 Å². The number of morpholine rings is 1. The summed E-state index contributed by atoms with van der Waals surface area (Å²) in [4.78, 5) is 4.78. The van der Waals surface area contributed by atoms with Gasteiger partial charge in [-0.1, -0.05) is 50.2 Å². The second kappa shape index (κ2) is 12.0. The Hall–Kier alpha value is -1.95. The highest BCUT2D eigenvalue weighted by atomic mass is 32.1. The lowest BCUT2D eigenvalue weighted by Gasteiger charge is -2.29. The molecular weight excluding hydrogens is 390 g/mol. The number of hydrogen-bond donors (Lipinski definition) is 1. The third kappa shape index (κ3) is 7.08. The van der Waals surface area contributed by atoms with E-state index in [-0.39, 0.29) is 0 Å². The maximum absolute atomic E-state index is 5.82. The molecule has 1 heterocycles. The van der Waals surface area contributed by atoms with Crippen molar-refractivity contribution in [2.45, 2.75) is 39.7 Å². The van der Waals surface area contributed by atoms with Crippen molar-refractivity contribution in [1.82, 2.24) is 9.80 Å². The molecule has 2 aromatic carbocycles. The number of thiocarbonyl (C=S) groups is 1. The van der Waals surface area contributed by atoms with E-state index in [1.54, 1.807) is 0 Å². The number of nitrogens with one attached hydrogen (secondary N) is 1. The van der Waals surface area contributed by atoms with Crippen LogP contribution in [0.1, 0.15) is 37.0 Å². The summed E-state index contributed by atoms with van der Waals surface area (Å²) < 4.78 is 5.46. The fraction of sp³-hybridized carbons (Fsp3) is 0.480. The van der Waals surface area contributed by atoms with Crippen LogP contribution < -0.4 is 5.32 Å². The molecule has 0 unspecified atom stereocenters. The van der Waals surface area contributed by atoms with Gasteiger partial charge in [0.2, 0.25) is 0 Å². The minimum absolute atomic E-state index is 0.792. The first-order valence-corrected chi connectivity index (χ1v) is 11.6. The van der Waals surface area contributed by atoms with Gasteiger partial charge < -0.3 is 15.0 Å². The summed E-state index contributed by atoms with van der Waals surface area (Å²) in [5.41, 5.74) is 5.06. The normalized spacial score (nSPS) is 14.5. The van der Waals surface area contributed by atoms with E-state index in [1.807, 2.05) is 0 Å². The fourth-order valence-corrected chi connectivity index (χ4v) is 3.96. The number of rotatable bonds is 9. The van der Waals surface area contributed by atoms with Crippen molar-refractivity contribution in [3.8, 4) is 0 Å². The third-order valence-corrected chi connectivity index (χ3v) is 6.07. The predicted molar refractivity (Wildman–Crippen MR) is 130 cm³/mol. The number of hydrogen-bond acceptors (Lipinski definition) is 3. The second-order valence-corrected chi connectivity index (χ2v) is 8.27. The predicted octanol–water partition coefficient (Wildman–Crippen LogP) is 4.73. The first-order valence-electron chi connectivity index (χ1n) is 11.2. The summed E-state index contributed by atoms with van der Waals surface area (Å²) in [6, 6.07) is 17.5. The van der Waals surface area contributed by atoms with E-state index in [0.29, 0.717) is 0 Å². The number of aryl methyl sites for hydroxylation is 2. The van der Waals surface area contributed by atoms with Gasteiger partial charge in [0.05, 0.1) is 13.2 Å². The van der Waals surface area contributed by atoms with Gasteiger partial charge in [-0.25, -0.2) is 0 Å². The number of benzene rings is 2. The molecule has 0 atom stereocenters. The van der Waals surface area contributed by atoms with Crippen LogP contribution in [0.25, 0.3) is 0 Å². The van der Waals surface area contributed by atoms with Crippen LogP contribution in [0.15, 0.2) is 48.5 Å². The van der Waals surface area contributed by atoms with Gasteiger partial charge in [-0.15, -0.1) is 0 Å². The summed E-state index contributed by atoms with van der Waals surface area (Å²) >= 11 is 5.82. The Labute approximate surface area is 187 Å². The molecule has 1 aliphatic rings. The van der Waals surface area contributed by atoms with E-state index in [9.17, 15) is 0 Å². The maximum atomic E-state index is 5.82. The van der Waals surface area contributed by atoms with Crippen molar-refractivity contribution in [1.29, 1.82) is 0 Å². The van der Waals surface area contributed by atoms with Crippen LogP contribution >= 0.6 is 12.2 Å². The molecule has 1 aliphatic heterocycles. The molecule has 1 fully saturated rings. The minimum Gasteiger partial charge on any atom is -0.379 e. The lowest BCUT2D eigenvalue weighted by Crippen LogP contribution is -2.40. The largest absolute Gasteiger partial charge is 0.379 e. The average molecular weight is 426 g/mol. The van der Waals surface area contributed by atoms with Crippen molar-refractivity contribution in [2.24, 2.45) is 0 Å². The standard InChI is InChI=1S/C25H35N3OS/c1-3-21-6-8-23(9-7-21)20-28(15-5-14-27-16-18-29-19-17-27)25(30)26-24-12-10-22(4-2)11-13-24/h6-13H,3-5,14-20H2,1-2H3,(H,26,30). The first-order chi connectivity index (χ1) is 14.7. The molecule has 0 radical (unpaired) electrons. The van der Waals surface area contributed by atoms with Crippen molar-refractivity contribution >= 4 is 23.0 Å². The van der Waals surface area contributed by atoms with E-state index in [1.165, 1.54) is 16.7 Å². The Morgan fingerprint density at radius 1 is 0.933 bits per heavy atom. The summed E-state index contributed by atoms with van der Waals surface area (Å²) in [7, 11) is 0. The molecule has 30 heavy (non-hydrogen) atoms. The monoisotopic (exact) mass is 425 g/mol. The molecule has 0 bridgehead atoms. The molecular formula is C25H35N3OS. The van der Waals surface area contributed by atoms with Gasteiger partial charge in [0.1, 0.15) is 0 Å². The SMILES string of the molecule is CCc1ccc(CN(CCCN2CCOCC2)C(=S)Nc2ccc(CC)cc2)cc1. The smallest absolute Gasteiger partial charge is 0.173 e. The van der Waals surface area contributed by atoms with Crippen molar-refractivity contribution in [3.63, 3.8) is 0 Å². The Kier molecular flexibility index (Phi) is 9.12. The molecule has 5 heteroatoms. The van der Waals surface area contributed by atoms with Crippen molar-refractivity contribution in [3.05, 3.63) is 65.2 Å². The molecule has 4 nitrogen and oxygen atoms in total. The van der Waals surface area contributed by atoms with Crippen LogP contribution in [0.5, 0.6) is 0 Å². The number of anilines is 1. The van der Waals surface area contributed by atoms with E-state index in [0.717, 1.165) is 76.0 Å². The van der Waals surface area contributed by atoms with Gasteiger partial charge in [0.15, 0.2) is 5.11 Å². The lowest BCUT2D eigenvalue weighted by atomic mass is 10.1. The molecule has 0 aliphatic carbocycles. The summed E-state index contributed by atoms with van der Waals surface area (Å²) in [6.45, 7) is 11.0. The molecule has 162 valence electrons. The van der Waals surface area contributed by atoms with Crippen LogP contribution in [0.3, 0.4) is 0 Å². The lowest BCUT2D eigenvalue weighted by molar-refractivity contribution is 0.0368. The summed E-state index contributed by atoms with van der Waals surface area (Å²) in [6.07, 6.45) is 3.20. The average Bonchev–Trinajstić information content (AvgIpc) is 2.80. The van der Waals surface area contributed by atoms with Gasteiger partial charge in [-0.3, -0.25) is 4.90 Å². The molecule has 1 saturated heterocycles. The highest BCUT2D eigenvalue weighted by molar-refractivity contribution is 7.80. The number of ether oxygens (including phenoxy) is 1. The quantitative estimate of drug-likeness (QED) is 0.586. The van der Waals surface area contributed by atoms with Gasteiger partial charge in [0, 0.05) is 38.4 Å². The van der Waals surface area contributed by atoms with E-state index in [4.69, 9.17) is 17.0 Å². The number of nitrogens with zero attached hydrogens (tertiary/aromatic N) is 2. The zero-order valence-electron chi connectivity index (χ0n) is 18.4. The van der Waals surface area contributed by atoms with Gasteiger partial charge >= 0.3 is 0 Å². The maximum Gasteiger partial charge on any atom is 0.173 e. The molecule has 3 rings (SSSR count). The Morgan fingerprint density at radius 3 is 2.10 bits per heavy atom. The second-order valence-electron chi connectivity index (χ2n) is 7.88. The van der Waals surface area contributed by atoms with Gasteiger partial charge in [-0.2, -0.15) is 0 Å². The minimum atomic E-state index is 0.792. The van der Waals surface area contributed by atoms with Crippen LogP contribution in [-0.4, -0.2) is 54.3 Å². The summed E-state index contributed by atoms with van der Waals surface area (Å²) in [5.74, 6) is 0. The van der Waals surface area contributed by atoms with Crippen molar-refractivity contribution in [2.75, 3.05) is 44.7 Å². The Bertz CT molecular complexity index is 770. The van der Waals surface area contributed by atoms with Crippen LogP contribution in [-0.2, 0) is 24.1 Å². The fourth-order valence-electron chi connectivity index (χ4n) is 3.69. The topological polar surface area (TPSA) is 27.7 Å². The highest BCUT2D eigenvalue weighted by Gasteiger charge is 2.14. The van der Waals surface area contributed by atoms with Crippen LogP contribution in [0.2, 0.25) is 0 Å². The summed E-state index contributed by atoms with van der Waals surface area (Å²) in [5, 5.41) is 4.24. The molecule has 0 saturated carbocycles. The Balaban J connectivity index is 1.62. The third-order valence-electron chi connectivity index (χ3n) is 5.71. The molecule has 2 aromatic rings. The molecule has 0 aromatic heterocycles. The van der Waals surface area contributed by atoms with E-state index >= 15 is 0 Å². The highest BCUT2D eigenvalue weighted by Crippen LogP contribution is 2.14. The molecule has 0 amide bonds. The Morgan fingerprint density at radius 2 is 1.50 bits per heavy atom. The van der Waals surface area contributed by atoms with Crippen LogP contribution in [0.4, 0.5) is 5.69 Å². The first kappa shape index (κ1) is 22.7. The molecule has 0 spiro atoms. The van der Waals surface area contributed by atoms with Crippen LogP contribution in [0, 0.1) is 0 Å². The van der Waals surface area contributed by atoms with Gasteiger partial charge in [-0.05, 0) is 60.3 Å². The zero-order chi connectivity index (χ0) is 21.2.